The Balaban J connectivity index is 2.17. The van der Waals surface area contributed by atoms with Crippen LogP contribution >= 0.6 is 0 Å². The van der Waals surface area contributed by atoms with Gasteiger partial charge in [0.25, 0.3) is 5.69 Å². The SMILES string of the molecule is Cc1nn(C)cc1CNc1cc([N+](=O)[O-])ccc1F. The second kappa shape index (κ2) is 5.05. The number of nitro groups is 1. The number of benzene rings is 1. The summed E-state index contributed by atoms with van der Waals surface area (Å²) in [4.78, 5) is 10.1. The fourth-order valence-corrected chi connectivity index (χ4v) is 1.77. The van der Waals surface area contributed by atoms with Crippen LogP contribution in [0.4, 0.5) is 15.8 Å². The Kier molecular flexibility index (Phi) is 3.46. The number of non-ortho nitro benzene ring substituents is 1. The molecule has 0 aliphatic carbocycles. The first-order chi connectivity index (χ1) is 8.97. The molecule has 0 aliphatic rings. The number of hydrogen-bond donors (Lipinski definition) is 1. The van der Waals surface area contributed by atoms with Gasteiger partial charge >= 0.3 is 0 Å². The molecule has 0 amide bonds. The number of halogens is 1. The highest BCUT2D eigenvalue weighted by atomic mass is 19.1. The number of hydrogen-bond acceptors (Lipinski definition) is 4. The molecule has 0 unspecified atom stereocenters. The molecular formula is C12H13FN4O2. The maximum atomic E-state index is 13.5. The number of aromatic nitrogens is 2. The van der Waals surface area contributed by atoms with Crippen LogP contribution in [-0.2, 0) is 13.6 Å². The van der Waals surface area contributed by atoms with Gasteiger partial charge < -0.3 is 5.32 Å². The molecule has 1 N–H and O–H groups in total. The van der Waals surface area contributed by atoms with Gasteiger partial charge in [-0.05, 0) is 13.0 Å². The molecule has 100 valence electrons. The van der Waals surface area contributed by atoms with E-state index < -0.39 is 10.7 Å². The van der Waals surface area contributed by atoms with E-state index in [2.05, 4.69) is 10.4 Å². The smallest absolute Gasteiger partial charge is 0.271 e. The van der Waals surface area contributed by atoms with Crippen LogP contribution in [0.5, 0.6) is 0 Å². The molecule has 7 heteroatoms. The van der Waals surface area contributed by atoms with Crippen molar-refractivity contribution in [1.29, 1.82) is 0 Å². The van der Waals surface area contributed by atoms with Crippen LogP contribution in [0.15, 0.2) is 24.4 Å². The Labute approximate surface area is 109 Å². The molecule has 2 rings (SSSR count). The van der Waals surface area contributed by atoms with Gasteiger partial charge in [0.1, 0.15) is 5.82 Å². The maximum absolute atomic E-state index is 13.5. The predicted molar refractivity (Wildman–Crippen MR) is 68.3 cm³/mol. The number of anilines is 1. The first kappa shape index (κ1) is 13.0. The zero-order chi connectivity index (χ0) is 14.0. The summed E-state index contributed by atoms with van der Waals surface area (Å²) in [5, 5.41) is 17.7. The Hall–Kier alpha value is -2.44. The zero-order valence-electron chi connectivity index (χ0n) is 10.6. The number of nitrogens with one attached hydrogen (secondary N) is 1. The van der Waals surface area contributed by atoms with Crippen LogP contribution in [0, 0.1) is 22.9 Å². The van der Waals surface area contributed by atoms with Gasteiger partial charge in [0.05, 0.1) is 16.3 Å². The number of nitrogens with zero attached hydrogens (tertiary/aromatic N) is 3. The Bertz CT molecular complexity index is 624. The van der Waals surface area contributed by atoms with Crippen molar-refractivity contribution in [2.24, 2.45) is 7.05 Å². The standard InChI is InChI=1S/C12H13FN4O2/c1-8-9(7-16(2)15-8)6-14-12-5-10(17(18)19)3-4-11(12)13/h3-5,7,14H,6H2,1-2H3. The number of nitro benzene ring substituents is 1. The molecule has 0 atom stereocenters. The lowest BCUT2D eigenvalue weighted by Crippen LogP contribution is -2.02. The minimum Gasteiger partial charge on any atom is -0.378 e. The molecule has 0 bridgehead atoms. The lowest BCUT2D eigenvalue weighted by atomic mass is 10.2. The van der Waals surface area contributed by atoms with Crippen molar-refractivity contribution >= 4 is 11.4 Å². The Morgan fingerprint density at radius 1 is 1.53 bits per heavy atom. The average Bonchev–Trinajstić information content (AvgIpc) is 2.66. The fourth-order valence-electron chi connectivity index (χ4n) is 1.77. The molecule has 1 aromatic heterocycles. The van der Waals surface area contributed by atoms with Gasteiger partial charge in [0.15, 0.2) is 0 Å². The van der Waals surface area contributed by atoms with E-state index in [1.54, 1.807) is 11.7 Å². The highest BCUT2D eigenvalue weighted by Crippen LogP contribution is 2.22. The summed E-state index contributed by atoms with van der Waals surface area (Å²) < 4.78 is 15.2. The van der Waals surface area contributed by atoms with Crippen molar-refractivity contribution in [1.82, 2.24) is 9.78 Å². The van der Waals surface area contributed by atoms with Crippen molar-refractivity contribution in [2.75, 3.05) is 5.32 Å². The predicted octanol–water partition coefficient (Wildman–Crippen LogP) is 2.39. The summed E-state index contributed by atoms with van der Waals surface area (Å²) in [6.45, 7) is 2.21. The monoisotopic (exact) mass is 264 g/mol. The van der Waals surface area contributed by atoms with Crippen LogP contribution < -0.4 is 5.32 Å². The minimum absolute atomic E-state index is 0.109. The summed E-state index contributed by atoms with van der Waals surface area (Å²) >= 11 is 0. The van der Waals surface area contributed by atoms with Crippen molar-refractivity contribution in [3.05, 3.63) is 51.6 Å². The quantitative estimate of drug-likeness (QED) is 0.679. The zero-order valence-corrected chi connectivity index (χ0v) is 10.6. The highest BCUT2D eigenvalue weighted by molar-refractivity contribution is 5.52. The molecule has 6 nitrogen and oxygen atoms in total. The molecule has 0 saturated carbocycles. The Morgan fingerprint density at radius 3 is 2.84 bits per heavy atom. The highest BCUT2D eigenvalue weighted by Gasteiger charge is 2.11. The van der Waals surface area contributed by atoms with Crippen LogP contribution in [0.1, 0.15) is 11.3 Å². The average molecular weight is 264 g/mol. The molecule has 0 radical (unpaired) electrons. The van der Waals surface area contributed by atoms with E-state index in [0.29, 0.717) is 6.54 Å². The molecule has 0 fully saturated rings. The van der Waals surface area contributed by atoms with Crippen molar-refractivity contribution in [3.63, 3.8) is 0 Å². The number of rotatable bonds is 4. The molecule has 0 spiro atoms. The van der Waals surface area contributed by atoms with E-state index in [0.717, 1.165) is 23.4 Å². The molecule has 2 aromatic rings. The topological polar surface area (TPSA) is 73.0 Å². The van der Waals surface area contributed by atoms with Gasteiger partial charge in [0, 0.05) is 37.5 Å². The van der Waals surface area contributed by atoms with Crippen molar-refractivity contribution in [2.45, 2.75) is 13.5 Å². The van der Waals surface area contributed by atoms with Gasteiger partial charge in [-0.15, -0.1) is 0 Å². The molecule has 1 heterocycles. The van der Waals surface area contributed by atoms with E-state index in [1.807, 2.05) is 13.1 Å². The van der Waals surface area contributed by atoms with Crippen LogP contribution in [0.3, 0.4) is 0 Å². The lowest BCUT2D eigenvalue weighted by molar-refractivity contribution is -0.384. The normalized spacial score (nSPS) is 10.5. The van der Waals surface area contributed by atoms with E-state index in [-0.39, 0.29) is 11.4 Å². The van der Waals surface area contributed by atoms with Gasteiger partial charge in [0.2, 0.25) is 0 Å². The fraction of sp³-hybridized carbons (Fsp3) is 0.250. The number of aryl methyl sites for hydroxylation is 2. The van der Waals surface area contributed by atoms with Crippen LogP contribution in [0.25, 0.3) is 0 Å². The summed E-state index contributed by atoms with van der Waals surface area (Å²) in [7, 11) is 1.80. The van der Waals surface area contributed by atoms with Gasteiger partial charge in [-0.2, -0.15) is 5.10 Å². The second-order valence-corrected chi connectivity index (χ2v) is 4.19. The third kappa shape index (κ3) is 2.87. The first-order valence-electron chi connectivity index (χ1n) is 5.64. The molecule has 1 aromatic carbocycles. The van der Waals surface area contributed by atoms with E-state index in [1.165, 1.54) is 6.07 Å². The lowest BCUT2D eigenvalue weighted by Gasteiger charge is -2.06. The van der Waals surface area contributed by atoms with E-state index in [9.17, 15) is 14.5 Å². The largest absolute Gasteiger partial charge is 0.378 e. The van der Waals surface area contributed by atoms with Crippen molar-refractivity contribution in [3.8, 4) is 0 Å². The van der Waals surface area contributed by atoms with Gasteiger partial charge in [-0.25, -0.2) is 4.39 Å². The summed E-state index contributed by atoms with van der Waals surface area (Å²) in [6, 6.07) is 3.40. The summed E-state index contributed by atoms with van der Waals surface area (Å²) in [6.07, 6.45) is 1.82. The molecular weight excluding hydrogens is 251 g/mol. The maximum Gasteiger partial charge on any atom is 0.271 e. The second-order valence-electron chi connectivity index (χ2n) is 4.19. The molecule has 19 heavy (non-hydrogen) atoms. The summed E-state index contributed by atoms with van der Waals surface area (Å²) in [5.41, 5.74) is 1.71. The first-order valence-corrected chi connectivity index (χ1v) is 5.64. The molecule has 0 saturated heterocycles. The van der Waals surface area contributed by atoms with Gasteiger partial charge in [-0.1, -0.05) is 0 Å². The summed E-state index contributed by atoms with van der Waals surface area (Å²) in [5.74, 6) is -0.521. The third-order valence-electron chi connectivity index (χ3n) is 2.75. The van der Waals surface area contributed by atoms with E-state index in [4.69, 9.17) is 0 Å². The molecule has 0 aliphatic heterocycles. The van der Waals surface area contributed by atoms with Crippen LogP contribution in [0.2, 0.25) is 0 Å². The third-order valence-corrected chi connectivity index (χ3v) is 2.75. The Morgan fingerprint density at radius 2 is 2.26 bits per heavy atom. The van der Waals surface area contributed by atoms with E-state index >= 15 is 0 Å². The van der Waals surface area contributed by atoms with Crippen molar-refractivity contribution < 1.29 is 9.31 Å². The van der Waals surface area contributed by atoms with Gasteiger partial charge in [-0.3, -0.25) is 14.8 Å². The van der Waals surface area contributed by atoms with Crippen LogP contribution in [-0.4, -0.2) is 14.7 Å². The minimum atomic E-state index is -0.556.